The number of nitrogens with zero attached hydrogens (tertiary/aromatic N) is 4. The van der Waals surface area contributed by atoms with E-state index in [1.165, 1.54) is 32.1 Å². The van der Waals surface area contributed by atoms with Gasteiger partial charge in [0.05, 0.1) is 11.7 Å². The molecular weight excluding hydrogens is 314 g/mol. The third kappa shape index (κ3) is 4.40. The van der Waals surface area contributed by atoms with Gasteiger partial charge in [0, 0.05) is 13.1 Å². The second kappa shape index (κ2) is 8.79. The van der Waals surface area contributed by atoms with Gasteiger partial charge in [0.15, 0.2) is 5.69 Å². The number of hydrogen-bond donors (Lipinski definition) is 1. The molecule has 1 aliphatic carbocycles. The van der Waals surface area contributed by atoms with Crippen LogP contribution in [0.4, 0.5) is 0 Å². The molecule has 1 aliphatic heterocycles. The van der Waals surface area contributed by atoms with Gasteiger partial charge in [-0.25, -0.2) is 4.68 Å². The lowest BCUT2D eigenvalue weighted by Crippen LogP contribution is -2.37. The van der Waals surface area contributed by atoms with Gasteiger partial charge >= 0.3 is 0 Å². The van der Waals surface area contributed by atoms with Gasteiger partial charge in [0.1, 0.15) is 0 Å². The van der Waals surface area contributed by atoms with Crippen molar-refractivity contribution in [3.63, 3.8) is 0 Å². The quantitative estimate of drug-likeness (QED) is 0.859. The topological polar surface area (TPSA) is 63.1 Å². The summed E-state index contributed by atoms with van der Waals surface area (Å²) in [5, 5.41) is 12.0. The number of rotatable bonds is 6. The molecule has 2 fully saturated rings. The maximum absolute atomic E-state index is 13.1. The van der Waals surface area contributed by atoms with Crippen LogP contribution in [0.3, 0.4) is 0 Å². The average molecular weight is 348 g/mol. The van der Waals surface area contributed by atoms with E-state index >= 15 is 0 Å². The van der Waals surface area contributed by atoms with Crippen LogP contribution in [-0.2, 0) is 0 Å². The summed E-state index contributed by atoms with van der Waals surface area (Å²) in [6, 6.07) is 0.369. The van der Waals surface area contributed by atoms with Crippen LogP contribution in [0.25, 0.3) is 0 Å². The molecule has 140 valence electrons. The van der Waals surface area contributed by atoms with Gasteiger partial charge in [-0.2, -0.15) is 0 Å². The standard InChI is InChI=1S/C19H33N5O/c1-3-13-23(14-16-7-5-4-6-8-16)19(25)18-15(2)24(22-21-18)17-9-11-20-12-10-17/h16-17,20H,3-14H2,1-2H3. The van der Waals surface area contributed by atoms with Crippen molar-refractivity contribution in [1.82, 2.24) is 25.2 Å². The minimum Gasteiger partial charge on any atom is -0.337 e. The summed E-state index contributed by atoms with van der Waals surface area (Å²) < 4.78 is 1.98. The predicted octanol–water partition coefficient (Wildman–Crippen LogP) is 2.94. The van der Waals surface area contributed by atoms with Crippen LogP contribution < -0.4 is 5.32 Å². The summed E-state index contributed by atoms with van der Waals surface area (Å²) in [6.45, 7) is 7.86. The van der Waals surface area contributed by atoms with Crippen LogP contribution in [0.5, 0.6) is 0 Å². The molecule has 2 aliphatic rings. The van der Waals surface area contributed by atoms with Crippen molar-refractivity contribution in [1.29, 1.82) is 0 Å². The lowest BCUT2D eigenvalue weighted by atomic mass is 9.89. The fourth-order valence-corrected chi connectivity index (χ4v) is 4.31. The maximum atomic E-state index is 13.1. The molecule has 0 spiro atoms. The second-order valence-corrected chi connectivity index (χ2v) is 7.70. The van der Waals surface area contributed by atoms with E-state index in [0.29, 0.717) is 17.7 Å². The third-order valence-corrected chi connectivity index (χ3v) is 5.77. The smallest absolute Gasteiger partial charge is 0.276 e. The van der Waals surface area contributed by atoms with Crippen molar-refractivity contribution in [2.24, 2.45) is 5.92 Å². The van der Waals surface area contributed by atoms with Gasteiger partial charge in [-0.3, -0.25) is 4.79 Å². The molecule has 1 saturated heterocycles. The van der Waals surface area contributed by atoms with Crippen LogP contribution in [0.2, 0.25) is 0 Å². The van der Waals surface area contributed by atoms with Crippen molar-refractivity contribution >= 4 is 5.91 Å². The fraction of sp³-hybridized carbons (Fsp3) is 0.842. The summed E-state index contributed by atoms with van der Waals surface area (Å²) in [7, 11) is 0. The van der Waals surface area contributed by atoms with Crippen LogP contribution in [0.1, 0.15) is 80.5 Å². The molecule has 0 aromatic carbocycles. The summed E-state index contributed by atoms with van der Waals surface area (Å²) in [5.74, 6) is 0.731. The zero-order valence-electron chi connectivity index (χ0n) is 15.8. The summed E-state index contributed by atoms with van der Waals surface area (Å²) >= 11 is 0. The normalized spacial score (nSPS) is 19.9. The second-order valence-electron chi connectivity index (χ2n) is 7.70. The largest absolute Gasteiger partial charge is 0.337 e. The van der Waals surface area contributed by atoms with E-state index in [1.54, 1.807) is 0 Å². The SMILES string of the molecule is CCCN(CC1CCCCC1)C(=O)c1nnn(C2CCNCC2)c1C. The number of nitrogens with one attached hydrogen (secondary N) is 1. The van der Waals surface area contributed by atoms with Crippen molar-refractivity contribution in [3.05, 3.63) is 11.4 Å². The number of amides is 1. The first-order valence-corrected chi connectivity index (χ1v) is 10.1. The Hall–Kier alpha value is -1.43. The average Bonchev–Trinajstić information content (AvgIpc) is 3.04. The molecule has 1 amide bonds. The third-order valence-electron chi connectivity index (χ3n) is 5.77. The Morgan fingerprint density at radius 2 is 1.92 bits per heavy atom. The lowest BCUT2D eigenvalue weighted by Gasteiger charge is -2.29. The van der Waals surface area contributed by atoms with Crippen molar-refractivity contribution < 1.29 is 4.79 Å². The molecule has 0 radical (unpaired) electrons. The van der Waals surface area contributed by atoms with Crippen molar-refractivity contribution in [2.45, 2.75) is 71.3 Å². The van der Waals surface area contributed by atoms with Gasteiger partial charge in [-0.15, -0.1) is 5.10 Å². The number of carbonyl (C=O) groups is 1. The van der Waals surface area contributed by atoms with E-state index in [9.17, 15) is 4.79 Å². The van der Waals surface area contributed by atoms with E-state index in [1.807, 2.05) is 16.5 Å². The maximum Gasteiger partial charge on any atom is 0.276 e. The molecule has 6 heteroatoms. The van der Waals surface area contributed by atoms with E-state index in [2.05, 4.69) is 22.6 Å². The highest BCUT2D eigenvalue weighted by molar-refractivity contribution is 5.93. The first-order chi connectivity index (χ1) is 12.2. The number of piperidine rings is 1. The fourth-order valence-electron chi connectivity index (χ4n) is 4.31. The molecule has 1 aromatic rings. The molecule has 0 atom stereocenters. The zero-order valence-corrected chi connectivity index (χ0v) is 15.8. The molecule has 6 nitrogen and oxygen atoms in total. The van der Waals surface area contributed by atoms with Crippen molar-refractivity contribution in [2.75, 3.05) is 26.2 Å². The highest BCUT2D eigenvalue weighted by Gasteiger charge is 2.27. The van der Waals surface area contributed by atoms with Crippen LogP contribution in [0.15, 0.2) is 0 Å². The Labute approximate surface area is 151 Å². The Balaban J connectivity index is 1.71. The van der Waals surface area contributed by atoms with Crippen LogP contribution in [0, 0.1) is 12.8 Å². The van der Waals surface area contributed by atoms with E-state index < -0.39 is 0 Å². The molecule has 3 rings (SSSR count). The molecule has 1 aromatic heterocycles. The zero-order chi connectivity index (χ0) is 17.6. The van der Waals surface area contributed by atoms with Crippen LogP contribution >= 0.6 is 0 Å². The summed E-state index contributed by atoms with van der Waals surface area (Å²) in [4.78, 5) is 15.2. The number of hydrogen-bond acceptors (Lipinski definition) is 4. The van der Waals surface area contributed by atoms with Crippen molar-refractivity contribution in [3.8, 4) is 0 Å². The minimum absolute atomic E-state index is 0.0742. The molecule has 1 N–H and O–H groups in total. The molecule has 0 unspecified atom stereocenters. The molecule has 1 saturated carbocycles. The Morgan fingerprint density at radius 1 is 1.20 bits per heavy atom. The minimum atomic E-state index is 0.0742. The van der Waals surface area contributed by atoms with Gasteiger partial charge in [-0.1, -0.05) is 31.4 Å². The molecule has 0 bridgehead atoms. The van der Waals surface area contributed by atoms with E-state index in [0.717, 1.165) is 51.1 Å². The molecule has 2 heterocycles. The Morgan fingerprint density at radius 3 is 2.60 bits per heavy atom. The van der Waals surface area contributed by atoms with E-state index in [-0.39, 0.29) is 5.91 Å². The van der Waals surface area contributed by atoms with Gasteiger partial charge < -0.3 is 10.2 Å². The molecule has 25 heavy (non-hydrogen) atoms. The highest BCUT2D eigenvalue weighted by Crippen LogP contribution is 2.26. The highest BCUT2D eigenvalue weighted by atomic mass is 16.2. The number of aromatic nitrogens is 3. The van der Waals surface area contributed by atoms with Gasteiger partial charge in [0.2, 0.25) is 0 Å². The summed E-state index contributed by atoms with van der Waals surface area (Å²) in [6.07, 6.45) is 9.58. The molecular formula is C19H33N5O. The first-order valence-electron chi connectivity index (χ1n) is 10.1. The number of carbonyl (C=O) groups excluding carboxylic acids is 1. The summed E-state index contributed by atoms with van der Waals surface area (Å²) in [5.41, 5.74) is 1.49. The predicted molar refractivity (Wildman–Crippen MR) is 98.7 cm³/mol. The van der Waals surface area contributed by atoms with Crippen LogP contribution in [-0.4, -0.2) is 52.0 Å². The Bertz CT molecular complexity index is 558. The first kappa shape index (κ1) is 18.4. The van der Waals surface area contributed by atoms with Gasteiger partial charge in [-0.05, 0) is 58.0 Å². The lowest BCUT2D eigenvalue weighted by molar-refractivity contribution is 0.0707. The monoisotopic (exact) mass is 347 g/mol. The van der Waals surface area contributed by atoms with E-state index in [4.69, 9.17) is 0 Å². The van der Waals surface area contributed by atoms with Gasteiger partial charge in [0.25, 0.3) is 5.91 Å². The Kier molecular flexibility index (Phi) is 6.45.